The minimum absolute atomic E-state index is 0.0295. The zero-order valence-corrected chi connectivity index (χ0v) is 16.2. The van der Waals surface area contributed by atoms with E-state index in [1.54, 1.807) is 31.2 Å². The minimum atomic E-state index is -0.524. The third kappa shape index (κ3) is 3.77. The first-order chi connectivity index (χ1) is 13.4. The molecular weight excluding hydrogens is 380 g/mol. The van der Waals surface area contributed by atoms with Crippen LogP contribution in [0.25, 0.3) is 0 Å². The van der Waals surface area contributed by atoms with Crippen molar-refractivity contribution in [1.82, 2.24) is 0 Å². The maximum atomic E-state index is 12.5. The zero-order chi connectivity index (χ0) is 19.7. The molecule has 1 unspecified atom stereocenters. The number of anilines is 1. The molecular formula is C20H20N2O5S. The van der Waals surface area contributed by atoms with Gasteiger partial charge in [0.05, 0.1) is 10.2 Å². The average molecular weight is 400 g/mol. The van der Waals surface area contributed by atoms with Crippen LogP contribution in [-0.2, 0) is 4.79 Å². The Morgan fingerprint density at radius 3 is 2.50 bits per heavy atom. The highest BCUT2D eigenvalue weighted by Gasteiger charge is 2.44. The van der Waals surface area contributed by atoms with Crippen LogP contribution in [0.15, 0.2) is 47.4 Å². The summed E-state index contributed by atoms with van der Waals surface area (Å²) in [4.78, 5) is 23.6. The number of carbonyl (C=O) groups excluding carboxylic acids is 1. The number of nitrogens with zero attached hydrogens (tertiary/aromatic N) is 1. The summed E-state index contributed by atoms with van der Waals surface area (Å²) in [5.74, 6) is 0.700. The van der Waals surface area contributed by atoms with E-state index >= 15 is 0 Å². The predicted octanol–water partition coefficient (Wildman–Crippen LogP) is 4.76. The Labute approximate surface area is 166 Å². The van der Waals surface area contributed by atoms with Crippen molar-refractivity contribution in [3.05, 3.63) is 52.6 Å². The summed E-state index contributed by atoms with van der Waals surface area (Å²) < 4.78 is 12.0. The quantitative estimate of drug-likeness (QED) is 0.442. The van der Waals surface area contributed by atoms with Crippen molar-refractivity contribution >= 4 is 29.0 Å². The number of nitrogens with one attached hydrogen (secondary N) is 1. The van der Waals surface area contributed by atoms with Gasteiger partial charge in [-0.2, -0.15) is 0 Å². The average Bonchev–Trinajstić information content (AvgIpc) is 3.27. The number of nitro benzene ring substituents is 1. The second-order valence-corrected chi connectivity index (χ2v) is 8.40. The summed E-state index contributed by atoms with van der Waals surface area (Å²) in [6, 6.07) is 11.6. The van der Waals surface area contributed by atoms with Crippen molar-refractivity contribution in [1.29, 1.82) is 0 Å². The maximum absolute atomic E-state index is 12.5. The van der Waals surface area contributed by atoms with Gasteiger partial charge in [0.1, 0.15) is 0 Å². The minimum Gasteiger partial charge on any atom is -0.448 e. The molecule has 1 aliphatic heterocycles. The van der Waals surface area contributed by atoms with Gasteiger partial charge in [0.15, 0.2) is 11.5 Å². The van der Waals surface area contributed by atoms with Gasteiger partial charge in [0, 0.05) is 41.6 Å². The Morgan fingerprint density at radius 2 is 1.82 bits per heavy atom. The SMILES string of the molecule is CC(Sc1ccc([N+](=O)[O-])cc1)C(=O)Nc1ccc2c(c1)OC1(CCCC1)O2. The van der Waals surface area contributed by atoms with Crippen molar-refractivity contribution in [3.8, 4) is 11.5 Å². The molecule has 0 aromatic heterocycles. The van der Waals surface area contributed by atoms with E-state index in [2.05, 4.69) is 5.32 Å². The third-order valence-corrected chi connectivity index (χ3v) is 6.01. The summed E-state index contributed by atoms with van der Waals surface area (Å²) in [6.07, 6.45) is 3.95. The van der Waals surface area contributed by atoms with Crippen LogP contribution in [-0.4, -0.2) is 21.9 Å². The number of amides is 1. The van der Waals surface area contributed by atoms with Gasteiger partial charge >= 0.3 is 0 Å². The van der Waals surface area contributed by atoms with Crippen LogP contribution in [0, 0.1) is 10.1 Å². The molecule has 0 bridgehead atoms. The second kappa shape index (κ2) is 7.35. The molecule has 8 heteroatoms. The van der Waals surface area contributed by atoms with E-state index in [0.717, 1.165) is 30.6 Å². The fourth-order valence-corrected chi connectivity index (χ4v) is 4.30. The van der Waals surface area contributed by atoms with E-state index in [0.29, 0.717) is 17.2 Å². The molecule has 2 aliphatic rings. The summed E-state index contributed by atoms with van der Waals surface area (Å²) >= 11 is 1.34. The summed E-state index contributed by atoms with van der Waals surface area (Å²) in [6.45, 7) is 1.79. The molecule has 7 nitrogen and oxygen atoms in total. The number of carbonyl (C=O) groups is 1. The zero-order valence-electron chi connectivity index (χ0n) is 15.3. The molecule has 1 aliphatic carbocycles. The lowest BCUT2D eigenvalue weighted by Gasteiger charge is -2.21. The van der Waals surface area contributed by atoms with Gasteiger partial charge in [-0.15, -0.1) is 11.8 Å². The molecule has 0 radical (unpaired) electrons. The molecule has 1 N–H and O–H groups in total. The lowest BCUT2D eigenvalue weighted by Crippen LogP contribution is -2.34. The Morgan fingerprint density at radius 1 is 1.14 bits per heavy atom. The molecule has 1 amide bonds. The van der Waals surface area contributed by atoms with Gasteiger partial charge in [0.25, 0.3) is 11.5 Å². The number of nitro groups is 1. The molecule has 2 aromatic rings. The van der Waals surface area contributed by atoms with Crippen LogP contribution in [0.5, 0.6) is 11.5 Å². The number of benzene rings is 2. The molecule has 1 fully saturated rings. The maximum Gasteiger partial charge on any atom is 0.269 e. The number of rotatable bonds is 5. The van der Waals surface area contributed by atoms with Crippen LogP contribution in [0.2, 0.25) is 0 Å². The number of fused-ring (bicyclic) bond motifs is 1. The van der Waals surface area contributed by atoms with Gasteiger partial charge in [-0.25, -0.2) is 0 Å². The lowest BCUT2D eigenvalue weighted by molar-refractivity contribution is -0.384. The van der Waals surface area contributed by atoms with Crippen molar-refractivity contribution in [2.75, 3.05) is 5.32 Å². The van der Waals surface area contributed by atoms with Crippen molar-refractivity contribution in [2.45, 2.75) is 48.5 Å². The summed E-state index contributed by atoms with van der Waals surface area (Å²) in [5.41, 5.74) is 0.681. The molecule has 4 rings (SSSR count). The lowest BCUT2D eigenvalue weighted by atomic mass is 10.2. The van der Waals surface area contributed by atoms with E-state index in [4.69, 9.17) is 9.47 Å². The van der Waals surface area contributed by atoms with E-state index in [1.807, 2.05) is 6.07 Å². The highest BCUT2D eigenvalue weighted by atomic mass is 32.2. The highest BCUT2D eigenvalue weighted by Crippen LogP contribution is 2.47. The van der Waals surface area contributed by atoms with E-state index in [-0.39, 0.29) is 16.8 Å². The summed E-state index contributed by atoms with van der Waals surface area (Å²) in [7, 11) is 0. The first-order valence-corrected chi connectivity index (χ1v) is 10.1. The van der Waals surface area contributed by atoms with Gasteiger partial charge < -0.3 is 14.8 Å². The predicted molar refractivity (Wildman–Crippen MR) is 106 cm³/mol. The number of ether oxygens (including phenoxy) is 2. The van der Waals surface area contributed by atoms with E-state index in [1.165, 1.54) is 23.9 Å². The van der Waals surface area contributed by atoms with Gasteiger partial charge in [-0.3, -0.25) is 14.9 Å². The van der Waals surface area contributed by atoms with Crippen LogP contribution in [0.3, 0.4) is 0 Å². The number of hydrogen-bond acceptors (Lipinski definition) is 6. The molecule has 1 heterocycles. The third-order valence-electron chi connectivity index (χ3n) is 4.90. The smallest absolute Gasteiger partial charge is 0.269 e. The number of thioether (sulfide) groups is 1. The van der Waals surface area contributed by atoms with Gasteiger partial charge in [-0.05, 0) is 44.0 Å². The molecule has 28 heavy (non-hydrogen) atoms. The molecule has 1 atom stereocenters. The molecule has 2 aromatic carbocycles. The Hall–Kier alpha value is -2.74. The van der Waals surface area contributed by atoms with Crippen molar-refractivity contribution in [3.63, 3.8) is 0 Å². The van der Waals surface area contributed by atoms with Crippen LogP contribution < -0.4 is 14.8 Å². The van der Waals surface area contributed by atoms with Crippen LogP contribution in [0.4, 0.5) is 11.4 Å². The fraction of sp³-hybridized carbons (Fsp3) is 0.350. The molecule has 146 valence electrons. The van der Waals surface area contributed by atoms with Crippen molar-refractivity contribution in [2.24, 2.45) is 0 Å². The molecule has 1 spiro atoms. The topological polar surface area (TPSA) is 90.7 Å². The van der Waals surface area contributed by atoms with Crippen molar-refractivity contribution < 1.29 is 19.2 Å². The van der Waals surface area contributed by atoms with Crippen LogP contribution in [0.1, 0.15) is 32.6 Å². The normalized spacial score (nSPS) is 17.5. The Balaban J connectivity index is 1.38. The first-order valence-electron chi connectivity index (χ1n) is 9.18. The standard InChI is InChI=1S/C20H20N2O5S/c1-13(28-16-7-5-15(6-8-16)22(24)25)19(23)21-14-4-9-17-18(12-14)27-20(26-17)10-2-3-11-20/h4-9,12-13H,2-3,10-11H2,1H3,(H,21,23). The Kier molecular flexibility index (Phi) is 4.89. The van der Waals surface area contributed by atoms with E-state index < -0.39 is 10.7 Å². The molecule has 0 saturated heterocycles. The first kappa shape index (κ1) is 18.6. The molecule has 1 saturated carbocycles. The van der Waals surface area contributed by atoms with Crippen LogP contribution >= 0.6 is 11.8 Å². The van der Waals surface area contributed by atoms with Gasteiger partial charge in [0.2, 0.25) is 5.91 Å². The Bertz CT molecular complexity index is 909. The monoisotopic (exact) mass is 400 g/mol. The second-order valence-electron chi connectivity index (χ2n) is 6.98. The highest BCUT2D eigenvalue weighted by molar-refractivity contribution is 8.00. The van der Waals surface area contributed by atoms with Gasteiger partial charge in [-0.1, -0.05) is 0 Å². The largest absolute Gasteiger partial charge is 0.448 e. The van der Waals surface area contributed by atoms with E-state index in [9.17, 15) is 14.9 Å². The summed E-state index contributed by atoms with van der Waals surface area (Å²) in [5, 5.41) is 13.3. The fourth-order valence-electron chi connectivity index (χ4n) is 3.44. The number of hydrogen-bond donors (Lipinski definition) is 1. The number of non-ortho nitro benzene ring substituents is 1.